The smallest absolute Gasteiger partial charge is 0.230 e. The van der Waals surface area contributed by atoms with E-state index >= 15 is 0 Å². The Labute approximate surface area is 135 Å². The van der Waals surface area contributed by atoms with Crippen molar-refractivity contribution < 1.29 is 4.79 Å². The molecule has 1 aromatic carbocycles. The molecule has 2 aromatic rings. The van der Waals surface area contributed by atoms with Crippen LogP contribution < -0.4 is 5.32 Å². The van der Waals surface area contributed by atoms with Gasteiger partial charge in [-0.05, 0) is 37.3 Å². The number of rotatable bonds is 7. The van der Waals surface area contributed by atoms with E-state index in [1.54, 1.807) is 6.20 Å². The number of unbranched alkanes of at least 4 members (excludes halogenated alkanes) is 1. The molecule has 22 heavy (non-hydrogen) atoms. The van der Waals surface area contributed by atoms with Crippen LogP contribution in [0.3, 0.4) is 0 Å². The third-order valence-corrected chi connectivity index (χ3v) is 4.59. The number of hydrogen-bond donors (Lipinski definition) is 1. The Morgan fingerprint density at radius 2 is 2.14 bits per heavy atom. The molecule has 4 nitrogen and oxygen atoms in total. The standard InChI is InChI=1S/C17H20ClN3O/c18-15-6-2-1-5-14(15)17(7-8-17)16(22)20-9-3-4-11-21-12-10-19-13-21/h1-2,5-6,10,12-13H,3-4,7-9,11H2,(H,20,22). The fourth-order valence-electron chi connectivity index (χ4n) is 2.80. The second kappa shape index (κ2) is 6.53. The van der Waals surface area contributed by atoms with Gasteiger partial charge >= 0.3 is 0 Å². The van der Waals surface area contributed by atoms with Crippen LogP contribution in [0.5, 0.6) is 0 Å². The van der Waals surface area contributed by atoms with Crippen LogP contribution in [-0.2, 0) is 16.8 Å². The molecule has 1 fully saturated rings. The highest BCUT2D eigenvalue weighted by molar-refractivity contribution is 6.31. The third-order valence-electron chi connectivity index (χ3n) is 4.26. The molecule has 116 valence electrons. The van der Waals surface area contributed by atoms with Crippen molar-refractivity contribution in [3.05, 3.63) is 53.6 Å². The molecule has 5 heteroatoms. The minimum Gasteiger partial charge on any atom is -0.355 e. The Balaban J connectivity index is 1.47. The molecule has 3 rings (SSSR count). The summed E-state index contributed by atoms with van der Waals surface area (Å²) in [6.07, 6.45) is 9.31. The molecule has 1 aliphatic rings. The van der Waals surface area contributed by atoms with Gasteiger partial charge in [-0.2, -0.15) is 0 Å². The van der Waals surface area contributed by atoms with Gasteiger partial charge in [0.25, 0.3) is 0 Å². The lowest BCUT2D eigenvalue weighted by molar-refractivity contribution is -0.123. The first-order chi connectivity index (χ1) is 10.7. The maximum absolute atomic E-state index is 12.5. The molecule has 0 aliphatic heterocycles. The molecule has 0 radical (unpaired) electrons. The van der Waals surface area contributed by atoms with Gasteiger partial charge in [-0.3, -0.25) is 4.79 Å². The average molecular weight is 318 g/mol. The topological polar surface area (TPSA) is 46.9 Å². The maximum Gasteiger partial charge on any atom is 0.230 e. The van der Waals surface area contributed by atoms with Crippen molar-refractivity contribution >= 4 is 17.5 Å². The van der Waals surface area contributed by atoms with Crippen LogP contribution >= 0.6 is 11.6 Å². The van der Waals surface area contributed by atoms with Crippen molar-refractivity contribution in [2.75, 3.05) is 6.54 Å². The van der Waals surface area contributed by atoms with E-state index in [1.807, 2.05) is 41.4 Å². The fourth-order valence-corrected chi connectivity index (χ4v) is 3.12. The summed E-state index contributed by atoms with van der Waals surface area (Å²) >= 11 is 6.24. The Morgan fingerprint density at radius 1 is 1.32 bits per heavy atom. The van der Waals surface area contributed by atoms with Crippen molar-refractivity contribution in [2.45, 2.75) is 37.6 Å². The van der Waals surface area contributed by atoms with Crippen molar-refractivity contribution in [2.24, 2.45) is 0 Å². The summed E-state index contributed by atoms with van der Waals surface area (Å²) in [4.78, 5) is 16.5. The van der Waals surface area contributed by atoms with Crippen molar-refractivity contribution in [3.63, 3.8) is 0 Å². The number of hydrogen-bond acceptors (Lipinski definition) is 2. The van der Waals surface area contributed by atoms with Gasteiger partial charge in [0.15, 0.2) is 0 Å². The molecule has 1 aromatic heterocycles. The first-order valence-corrected chi connectivity index (χ1v) is 8.09. The minimum absolute atomic E-state index is 0.114. The second-order valence-electron chi connectivity index (χ2n) is 5.83. The van der Waals surface area contributed by atoms with Crippen molar-refractivity contribution in [1.29, 1.82) is 0 Å². The van der Waals surface area contributed by atoms with Crippen molar-refractivity contribution in [1.82, 2.24) is 14.9 Å². The number of imidazole rings is 1. The van der Waals surface area contributed by atoms with Gasteiger partial charge < -0.3 is 9.88 Å². The van der Waals surface area contributed by atoms with E-state index in [2.05, 4.69) is 10.3 Å². The van der Waals surface area contributed by atoms with Gasteiger partial charge in [-0.15, -0.1) is 0 Å². The summed E-state index contributed by atoms with van der Waals surface area (Å²) in [7, 11) is 0. The van der Waals surface area contributed by atoms with E-state index in [0.717, 1.165) is 37.8 Å². The van der Waals surface area contributed by atoms with Crippen LogP contribution in [0.1, 0.15) is 31.2 Å². The number of nitrogens with one attached hydrogen (secondary N) is 1. The van der Waals surface area contributed by atoms with E-state index < -0.39 is 0 Å². The zero-order valence-electron chi connectivity index (χ0n) is 12.5. The third kappa shape index (κ3) is 3.17. The zero-order chi connectivity index (χ0) is 15.4. The Hall–Kier alpha value is -1.81. The lowest BCUT2D eigenvalue weighted by Crippen LogP contribution is -2.35. The highest BCUT2D eigenvalue weighted by atomic mass is 35.5. The molecule has 0 unspecified atom stereocenters. The van der Waals surface area contributed by atoms with Crippen LogP contribution in [0.15, 0.2) is 43.0 Å². The molecule has 0 atom stereocenters. The van der Waals surface area contributed by atoms with E-state index in [0.29, 0.717) is 11.6 Å². The lowest BCUT2D eigenvalue weighted by Gasteiger charge is -2.17. The average Bonchev–Trinajstić information content (AvgIpc) is 3.17. The molecular weight excluding hydrogens is 298 g/mol. The minimum atomic E-state index is -0.386. The SMILES string of the molecule is O=C(NCCCCn1ccnc1)C1(c2ccccc2Cl)CC1. The summed E-state index contributed by atoms with van der Waals surface area (Å²) in [5.41, 5.74) is 0.579. The molecule has 0 saturated heterocycles. The number of carbonyl (C=O) groups is 1. The predicted molar refractivity (Wildman–Crippen MR) is 86.8 cm³/mol. The van der Waals surface area contributed by atoms with Gasteiger partial charge in [0.05, 0.1) is 11.7 Å². The highest BCUT2D eigenvalue weighted by Gasteiger charge is 2.52. The monoisotopic (exact) mass is 317 g/mol. The van der Waals surface area contributed by atoms with Gasteiger partial charge in [-0.1, -0.05) is 29.8 Å². The number of aryl methyl sites for hydroxylation is 1. The van der Waals surface area contributed by atoms with Gasteiger partial charge in [0, 0.05) is 30.5 Å². The number of benzene rings is 1. The van der Waals surface area contributed by atoms with Crippen LogP contribution in [0, 0.1) is 0 Å². The summed E-state index contributed by atoms with van der Waals surface area (Å²) in [5.74, 6) is 0.114. The van der Waals surface area contributed by atoms with Crippen molar-refractivity contribution in [3.8, 4) is 0 Å². The first-order valence-electron chi connectivity index (χ1n) is 7.71. The number of halogens is 1. The summed E-state index contributed by atoms with van der Waals surface area (Å²) in [6, 6.07) is 7.67. The largest absolute Gasteiger partial charge is 0.355 e. The van der Waals surface area contributed by atoms with Gasteiger partial charge in [0.2, 0.25) is 5.91 Å². The van der Waals surface area contributed by atoms with Crippen LogP contribution in [0.25, 0.3) is 0 Å². The summed E-state index contributed by atoms with van der Waals surface area (Å²) in [5, 5.41) is 3.76. The van der Waals surface area contributed by atoms with Gasteiger partial charge in [0.1, 0.15) is 0 Å². The van der Waals surface area contributed by atoms with Crippen LogP contribution in [0.2, 0.25) is 5.02 Å². The molecule has 1 N–H and O–H groups in total. The summed E-state index contributed by atoms with van der Waals surface area (Å²) in [6.45, 7) is 1.64. The summed E-state index contributed by atoms with van der Waals surface area (Å²) < 4.78 is 2.05. The first kappa shape index (κ1) is 15.1. The molecule has 0 bridgehead atoms. The highest BCUT2D eigenvalue weighted by Crippen LogP contribution is 2.50. The van der Waals surface area contributed by atoms with Crippen LogP contribution in [0.4, 0.5) is 0 Å². The van der Waals surface area contributed by atoms with Gasteiger partial charge in [-0.25, -0.2) is 4.98 Å². The van der Waals surface area contributed by atoms with E-state index in [4.69, 9.17) is 11.6 Å². The Bertz CT molecular complexity index is 635. The van der Waals surface area contributed by atoms with E-state index in [9.17, 15) is 4.79 Å². The normalized spacial score (nSPS) is 15.5. The molecule has 1 saturated carbocycles. The Kier molecular flexibility index (Phi) is 4.48. The molecular formula is C17H20ClN3O. The second-order valence-corrected chi connectivity index (χ2v) is 6.23. The van der Waals surface area contributed by atoms with E-state index in [-0.39, 0.29) is 11.3 Å². The molecule has 0 spiro atoms. The predicted octanol–water partition coefficient (Wildman–Crippen LogP) is 3.16. The van der Waals surface area contributed by atoms with Crippen LogP contribution in [-0.4, -0.2) is 22.0 Å². The number of amides is 1. The number of carbonyl (C=O) groups excluding carboxylic acids is 1. The Morgan fingerprint density at radius 3 is 2.82 bits per heavy atom. The quantitative estimate of drug-likeness (QED) is 0.797. The lowest BCUT2D eigenvalue weighted by atomic mass is 9.95. The molecule has 1 amide bonds. The maximum atomic E-state index is 12.5. The molecule has 1 aliphatic carbocycles. The zero-order valence-corrected chi connectivity index (χ0v) is 13.2. The van der Waals surface area contributed by atoms with E-state index in [1.165, 1.54) is 0 Å². The number of nitrogens with zero attached hydrogens (tertiary/aromatic N) is 2. The number of aromatic nitrogens is 2. The fraction of sp³-hybridized carbons (Fsp3) is 0.412. The molecule has 1 heterocycles.